The summed E-state index contributed by atoms with van der Waals surface area (Å²) in [6.45, 7) is 1.80. The third kappa shape index (κ3) is 4.09. The molecule has 3 rings (SSSR count). The Labute approximate surface area is 161 Å². The molecule has 0 fully saturated rings. The van der Waals surface area contributed by atoms with Gasteiger partial charge in [-0.25, -0.2) is 4.98 Å². The maximum absolute atomic E-state index is 12.5. The number of amides is 1. The van der Waals surface area contributed by atoms with Gasteiger partial charge in [0.2, 0.25) is 0 Å². The molecule has 0 aliphatic carbocycles. The van der Waals surface area contributed by atoms with Crippen molar-refractivity contribution in [2.45, 2.75) is 13.0 Å². The van der Waals surface area contributed by atoms with Gasteiger partial charge < -0.3 is 14.4 Å². The molecule has 2 aromatic carbocycles. The second-order valence-electron chi connectivity index (χ2n) is 6.02. The first kappa shape index (κ1) is 18.8. The lowest BCUT2D eigenvalue weighted by Crippen LogP contribution is -2.33. The predicted octanol–water partition coefficient (Wildman–Crippen LogP) is 3.72. The molecule has 0 N–H and O–H groups in total. The standard InChI is InChI=1S/C20H20N2O4S/c1-13(20-21-15-6-4-5-7-18(15)27-20)22(2)19(24)12-26-16-9-8-14(11-23)10-17(16)25-3/h4-11,13H,12H2,1-3H3/t13-/m0/s1. The van der Waals surface area contributed by atoms with E-state index < -0.39 is 0 Å². The number of fused-ring (bicyclic) bond motifs is 1. The number of thiazole rings is 1. The number of carbonyl (C=O) groups excluding carboxylic acids is 2. The summed E-state index contributed by atoms with van der Waals surface area (Å²) in [6, 6.07) is 12.5. The fourth-order valence-corrected chi connectivity index (χ4v) is 3.63. The van der Waals surface area contributed by atoms with Gasteiger partial charge in [0.15, 0.2) is 18.1 Å². The number of para-hydroxylation sites is 1. The first-order valence-corrected chi connectivity index (χ1v) is 9.22. The molecule has 27 heavy (non-hydrogen) atoms. The van der Waals surface area contributed by atoms with Gasteiger partial charge in [-0.3, -0.25) is 9.59 Å². The average Bonchev–Trinajstić information content (AvgIpc) is 3.14. The summed E-state index contributed by atoms with van der Waals surface area (Å²) < 4.78 is 11.9. The van der Waals surface area contributed by atoms with Gasteiger partial charge >= 0.3 is 0 Å². The zero-order valence-electron chi connectivity index (χ0n) is 15.3. The van der Waals surface area contributed by atoms with Crippen LogP contribution in [0.3, 0.4) is 0 Å². The highest BCUT2D eigenvalue weighted by Crippen LogP contribution is 2.30. The van der Waals surface area contributed by atoms with E-state index >= 15 is 0 Å². The molecular formula is C20H20N2O4S. The summed E-state index contributed by atoms with van der Waals surface area (Å²) in [5, 5.41) is 0.875. The van der Waals surface area contributed by atoms with Crippen LogP contribution in [0.25, 0.3) is 10.2 Å². The lowest BCUT2D eigenvalue weighted by atomic mass is 10.2. The number of methoxy groups -OCH3 is 1. The topological polar surface area (TPSA) is 68.7 Å². The van der Waals surface area contributed by atoms with Gasteiger partial charge in [-0.05, 0) is 37.3 Å². The quantitative estimate of drug-likeness (QED) is 0.581. The molecule has 140 valence electrons. The van der Waals surface area contributed by atoms with E-state index in [2.05, 4.69) is 4.98 Å². The van der Waals surface area contributed by atoms with Crippen LogP contribution in [-0.2, 0) is 4.79 Å². The van der Waals surface area contributed by atoms with E-state index in [1.807, 2.05) is 31.2 Å². The molecule has 1 atom stereocenters. The molecule has 0 aliphatic rings. The van der Waals surface area contributed by atoms with E-state index in [4.69, 9.17) is 9.47 Å². The molecule has 7 heteroatoms. The first-order chi connectivity index (χ1) is 13.0. The number of benzene rings is 2. The minimum Gasteiger partial charge on any atom is -0.493 e. The molecule has 0 saturated carbocycles. The van der Waals surface area contributed by atoms with Crippen molar-refractivity contribution in [3.05, 3.63) is 53.0 Å². The highest BCUT2D eigenvalue weighted by molar-refractivity contribution is 7.18. The predicted molar refractivity (Wildman–Crippen MR) is 105 cm³/mol. The monoisotopic (exact) mass is 384 g/mol. The van der Waals surface area contributed by atoms with Crippen molar-refractivity contribution < 1.29 is 19.1 Å². The number of hydrogen-bond donors (Lipinski definition) is 0. The number of aldehydes is 1. The Bertz CT molecular complexity index is 937. The van der Waals surface area contributed by atoms with Crippen LogP contribution in [0, 0.1) is 0 Å². The Morgan fingerprint density at radius 3 is 2.74 bits per heavy atom. The number of carbonyl (C=O) groups is 2. The van der Waals surface area contributed by atoms with Crippen LogP contribution in [0.15, 0.2) is 42.5 Å². The molecule has 1 aromatic heterocycles. The van der Waals surface area contributed by atoms with E-state index in [9.17, 15) is 9.59 Å². The number of nitrogens with zero attached hydrogens (tertiary/aromatic N) is 2. The molecule has 6 nitrogen and oxygen atoms in total. The van der Waals surface area contributed by atoms with E-state index in [0.29, 0.717) is 17.1 Å². The number of aromatic nitrogens is 1. The van der Waals surface area contributed by atoms with E-state index in [0.717, 1.165) is 21.5 Å². The van der Waals surface area contributed by atoms with Gasteiger partial charge in [0.1, 0.15) is 11.3 Å². The van der Waals surface area contributed by atoms with Gasteiger partial charge in [-0.2, -0.15) is 0 Å². The van der Waals surface area contributed by atoms with Gasteiger partial charge in [-0.1, -0.05) is 12.1 Å². The van der Waals surface area contributed by atoms with Crippen molar-refractivity contribution >= 4 is 33.7 Å². The normalized spacial score (nSPS) is 11.8. The summed E-state index contributed by atoms with van der Waals surface area (Å²) >= 11 is 1.58. The number of ether oxygens (including phenoxy) is 2. The fraction of sp³-hybridized carbons (Fsp3) is 0.250. The lowest BCUT2D eigenvalue weighted by Gasteiger charge is -2.23. The summed E-state index contributed by atoms with van der Waals surface area (Å²) in [7, 11) is 3.22. The summed E-state index contributed by atoms with van der Waals surface area (Å²) in [5.74, 6) is 0.648. The molecule has 1 heterocycles. The van der Waals surface area contributed by atoms with E-state index in [-0.39, 0.29) is 18.6 Å². The van der Waals surface area contributed by atoms with Crippen LogP contribution >= 0.6 is 11.3 Å². The van der Waals surface area contributed by atoms with Crippen molar-refractivity contribution in [2.24, 2.45) is 0 Å². The second-order valence-corrected chi connectivity index (χ2v) is 7.08. The van der Waals surface area contributed by atoms with E-state index in [1.54, 1.807) is 41.5 Å². The van der Waals surface area contributed by atoms with Crippen LogP contribution in [0.4, 0.5) is 0 Å². The molecule has 1 amide bonds. The highest BCUT2D eigenvalue weighted by atomic mass is 32.1. The minimum atomic E-state index is -0.178. The molecule has 0 radical (unpaired) electrons. The molecule has 0 spiro atoms. The first-order valence-electron chi connectivity index (χ1n) is 8.40. The van der Waals surface area contributed by atoms with Crippen molar-refractivity contribution in [3.8, 4) is 11.5 Å². The highest BCUT2D eigenvalue weighted by Gasteiger charge is 2.21. The van der Waals surface area contributed by atoms with Crippen LogP contribution in [0.5, 0.6) is 11.5 Å². The fourth-order valence-electron chi connectivity index (χ4n) is 2.57. The van der Waals surface area contributed by atoms with E-state index in [1.165, 1.54) is 7.11 Å². The Kier molecular flexibility index (Phi) is 5.71. The van der Waals surface area contributed by atoms with Crippen LogP contribution in [-0.4, -0.2) is 42.8 Å². The van der Waals surface area contributed by atoms with Crippen LogP contribution in [0.1, 0.15) is 28.3 Å². The number of rotatable bonds is 7. The van der Waals surface area contributed by atoms with Crippen LogP contribution < -0.4 is 9.47 Å². The Balaban J connectivity index is 1.67. The number of hydrogen-bond acceptors (Lipinski definition) is 6. The Hall–Kier alpha value is -2.93. The largest absolute Gasteiger partial charge is 0.493 e. The van der Waals surface area contributed by atoms with Crippen molar-refractivity contribution in [1.29, 1.82) is 0 Å². The lowest BCUT2D eigenvalue weighted by molar-refractivity contribution is -0.134. The molecule has 0 bridgehead atoms. The maximum Gasteiger partial charge on any atom is 0.260 e. The van der Waals surface area contributed by atoms with Gasteiger partial charge in [-0.15, -0.1) is 11.3 Å². The second kappa shape index (κ2) is 8.18. The molecule has 0 saturated heterocycles. The third-order valence-electron chi connectivity index (χ3n) is 4.32. The summed E-state index contributed by atoms with van der Waals surface area (Å²) in [6.07, 6.45) is 0.727. The number of likely N-dealkylation sites (N-methyl/N-ethyl adjacent to an activating group) is 1. The summed E-state index contributed by atoms with van der Waals surface area (Å²) in [5.41, 5.74) is 1.41. The van der Waals surface area contributed by atoms with Crippen molar-refractivity contribution in [3.63, 3.8) is 0 Å². The molecule has 0 unspecified atom stereocenters. The van der Waals surface area contributed by atoms with Crippen LogP contribution in [0.2, 0.25) is 0 Å². The van der Waals surface area contributed by atoms with Crippen molar-refractivity contribution in [2.75, 3.05) is 20.8 Å². The maximum atomic E-state index is 12.5. The Morgan fingerprint density at radius 2 is 2.04 bits per heavy atom. The smallest absolute Gasteiger partial charge is 0.260 e. The zero-order valence-corrected chi connectivity index (χ0v) is 16.2. The molecular weight excluding hydrogens is 364 g/mol. The third-order valence-corrected chi connectivity index (χ3v) is 5.52. The van der Waals surface area contributed by atoms with Gasteiger partial charge in [0, 0.05) is 12.6 Å². The zero-order chi connectivity index (χ0) is 19.4. The molecule has 3 aromatic rings. The minimum absolute atomic E-state index is 0.136. The summed E-state index contributed by atoms with van der Waals surface area (Å²) in [4.78, 5) is 29.6. The van der Waals surface area contributed by atoms with Gasteiger partial charge in [0.05, 0.1) is 23.4 Å². The van der Waals surface area contributed by atoms with Crippen molar-refractivity contribution in [1.82, 2.24) is 9.88 Å². The Morgan fingerprint density at radius 1 is 1.26 bits per heavy atom. The van der Waals surface area contributed by atoms with Gasteiger partial charge in [0.25, 0.3) is 5.91 Å². The average molecular weight is 384 g/mol. The molecule has 0 aliphatic heterocycles. The SMILES string of the molecule is COc1cc(C=O)ccc1OCC(=O)N(C)[C@@H](C)c1nc2ccccc2s1.